The molecule has 0 aromatic carbocycles. The van der Waals surface area contributed by atoms with Crippen LogP contribution in [0.15, 0.2) is 24.3 Å². The van der Waals surface area contributed by atoms with E-state index in [1.165, 1.54) is 161 Å². The van der Waals surface area contributed by atoms with Gasteiger partial charge in [0.05, 0.1) is 38.6 Å². The van der Waals surface area contributed by atoms with Crippen LogP contribution in [0.5, 0.6) is 0 Å². The van der Waals surface area contributed by atoms with E-state index in [0.717, 1.165) is 51.4 Å². The van der Waals surface area contributed by atoms with Gasteiger partial charge in [-0.05, 0) is 44.9 Å². The molecule has 19 heteroatoms. The molecule has 0 spiro atoms. The van der Waals surface area contributed by atoms with Gasteiger partial charge in [-0.3, -0.25) is 4.79 Å². The van der Waals surface area contributed by atoms with Crippen molar-refractivity contribution in [3.8, 4) is 0 Å². The molecule has 0 aliphatic carbocycles. The Morgan fingerprint density at radius 3 is 1.18 bits per heavy atom. The van der Waals surface area contributed by atoms with E-state index in [2.05, 4.69) is 31.3 Å². The summed E-state index contributed by atoms with van der Waals surface area (Å²) >= 11 is 0. The van der Waals surface area contributed by atoms with Gasteiger partial charge in [0.15, 0.2) is 18.9 Å². The highest BCUT2D eigenvalue weighted by molar-refractivity contribution is 5.76. The molecule has 3 saturated heterocycles. The zero-order valence-corrected chi connectivity index (χ0v) is 50.5. The molecule has 0 radical (unpaired) electrons. The summed E-state index contributed by atoms with van der Waals surface area (Å²) in [6.07, 6.45) is 22.9. The lowest BCUT2D eigenvalue weighted by molar-refractivity contribution is -0.379. The van der Waals surface area contributed by atoms with Gasteiger partial charge < -0.3 is 89.9 Å². The Labute approximate surface area is 492 Å². The Morgan fingerprint density at radius 2 is 0.768 bits per heavy atom. The minimum absolute atomic E-state index is 0.243. The van der Waals surface area contributed by atoms with Crippen LogP contribution in [0.3, 0.4) is 0 Å². The largest absolute Gasteiger partial charge is 0.394 e. The molecule has 1 amide bonds. The molecule has 17 atom stereocenters. The van der Waals surface area contributed by atoms with Crippen LogP contribution in [0, 0.1) is 0 Å². The number of ether oxygens (including phenoxy) is 6. The highest BCUT2D eigenvalue weighted by Crippen LogP contribution is 2.33. The van der Waals surface area contributed by atoms with Crippen LogP contribution in [0.25, 0.3) is 0 Å². The zero-order valence-electron chi connectivity index (χ0n) is 50.5. The second kappa shape index (κ2) is 46.4. The normalized spacial score (nSPS) is 29.7. The van der Waals surface area contributed by atoms with Crippen molar-refractivity contribution in [2.75, 3.05) is 26.4 Å². The highest BCUT2D eigenvalue weighted by atomic mass is 16.8. The minimum atomic E-state index is -1.98. The number of nitrogens with one attached hydrogen (secondary N) is 1. The molecule has 3 fully saturated rings. The number of carbonyl (C=O) groups excluding carboxylic acids is 1. The Kier molecular flexibility index (Phi) is 42.2. The van der Waals surface area contributed by atoms with Gasteiger partial charge in [0.25, 0.3) is 0 Å². The highest BCUT2D eigenvalue weighted by Gasteiger charge is 2.53. The van der Waals surface area contributed by atoms with Crippen LogP contribution >= 0.6 is 0 Å². The maximum Gasteiger partial charge on any atom is 0.220 e. The van der Waals surface area contributed by atoms with Crippen LogP contribution in [-0.4, -0.2) is 193 Å². The van der Waals surface area contributed by atoms with E-state index in [1.54, 1.807) is 6.08 Å². The first-order valence-electron chi connectivity index (χ1n) is 32.6. The molecule has 3 aliphatic heterocycles. The Morgan fingerprint density at radius 1 is 0.427 bits per heavy atom. The second-order valence-electron chi connectivity index (χ2n) is 23.6. The minimum Gasteiger partial charge on any atom is -0.394 e. The SMILES string of the molecule is CCCCCCCCCC/C=C\CCCCCCCCCCCC(=O)NC(COC1OC(CO)C(OC2OC(CO)C(OC3OC(CO)C(O)C(O)C3O)C(O)C2O)C(O)C1O)C(O)/C=C/CCCCCCCCCCCCCCCC. The van der Waals surface area contributed by atoms with Crippen LogP contribution in [0.2, 0.25) is 0 Å². The van der Waals surface area contributed by atoms with E-state index in [9.17, 15) is 61.0 Å². The van der Waals surface area contributed by atoms with Crippen LogP contribution in [-0.2, 0) is 33.2 Å². The maximum absolute atomic E-state index is 13.4. The molecule has 3 rings (SSSR count). The van der Waals surface area contributed by atoms with Gasteiger partial charge >= 0.3 is 0 Å². The van der Waals surface area contributed by atoms with Gasteiger partial charge in [-0.1, -0.05) is 212 Å². The van der Waals surface area contributed by atoms with Crippen molar-refractivity contribution in [3.63, 3.8) is 0 Å². The Balaban J connectivity index is 1.47. The first-order chi connectivity index (χ1) is 39.8. The molecular formula is C63H117NO18. The van der Waals surface area contributed by atoms with Crippen molar-refractivity contribution in [3.05, 3.63) is 24.3 Å². The molecule has 82 heavy (non-hydrogen) atoms. The van der Waals surface area contributed by atoms with E-state index < -0.39 is 124 Å². The van der Waals surface area contributed by atoms with Crippen molar-refractivity contribution in [1.29, 1.82) is 0 Å². The zero-order chi connectivity index (χ0) is 59.7. The van der Waals surface area contributed by atoms with E-state index in [0.29, 0.717) is 6.42 Å². The molecule has 17 unspecified atom stereocenters. The van der Waals surface area contributed by atoms with Crippen molar-refractivity contribution < 1.29 is 89.4 Å². The lowest BCUT2D eigenvalue weighted by Crippen LogP contribution is -2.66. The summed E-state index contributed by atoms with van der Waals surface area (Å²) in [6, 6.07) is -0.971. The van der Waals surface area contributed by atoms with Gasteiger partial charge in [-0.25, -0.2) is 0 Å². The fraction of sp³-hybridized carbons (Fsp3) is 0.921. The summed E-state index contributed by atoms with van der Waals surface area (Å²) in [4.78, 5) is 13.4. The number of hydrogen-bond acceptors (Lipinski definition) is 18. The molecule has 12 N–H and O–H groups in total. The smallest absolute Gasteiger partial charge is 0.220 e. The standard InChI is InChI=1S/C63H117NO18/c1-3-5-7-9-11-13-15-17-19-21-22-23-24-25-27-29-31-33-35-37-39-41-51(69)64-46(47(68)40-38-36-34-32-30-28-26-20-18-16-14-12-10-8-6-4-2)45-77-61-57(75)54(72)59(49(43-66)79-61)82-63-58(76)55(73)60(50(44-67)80-63)81-62-56(74)53(71)52(70)48(42-65)78-62/h21-22,38,40,46-50,52-63,65-68,70-76H,3-20,23-37,39,41-45H2,1-2H3,(H,64,69)/b22-21-,40-38+. The van der Waals surface area contributed by atoms with E-state index in [4.69, 9.17) is 28.4 Å². The molecule has 482 valence electrons. The second-order valence-corrected chi connectivity index (χ2v) is 23.6. The molecule has 0 aromatic rings. The number of aliphatic hydroxyl groups is 11. The first-order valence-corrected chi connectivity index (χ1v) is 32.6. The molecule has 3 heterocycles. The number of hydrogen-bond donors (Lipinski definition) is 12. The third-order valence-corrected chi connectivity index (χ3v) is 16.5. The van der Waals surface area contributed by atoms with E-state index >= 15 is 0 Å². The van der Waals surface area contributed by atoms with Crippen LogP contribution in [0.4, 0.5) is 0 Å². The van der Waals surface area contributed by atoms with Gasteiger partial charge in [0.1, 0.15) is 73.2 Å². The average Bonchev–Trinajstić information content (AvgIpc) is 3.40. The molecule has 0 aromatic heterocycles. The van der Waals surface area contributed by atoms with Gasteiger partial charge in [-0.2, -0.15) is 0 Å². The van der Waals surface area contributed by atoms with Crippen LogP contribution < -0.4 is 5.32 Å². The number of unbranched alkanes of at least 4 members (excludes halogenated alkanes) is 31. The number of rotatable bonds is 49. The summed E-state index contributed by atoms with van der Waals surface area (Å²) in [5.41, 5.74) is 0. The van der Waals surface area contributed by atoms with Gasteiger partial charge in [0, 0.05) is 6.42 Å². The van der Waals surface area contributed by atoms with Crippen molar-refractivity contribution in [2.24, 2.45) is 0 Å². The topological polar surface area (TPSA) is 307 Å². The third-order valence-electron chi connectivity index (χ3n) is 16.5. The Bertz CT molecular complexity index is 1590. The summed E-state index contributed by atoms with van der Waals surface area (Å²) in [5, 5.41) is 120. The number of allylic oxidation sites excluding steroid dienone is 3. The third kappa shape index (κ3) is 29.3. The molecule has 0 saturated carbocycles. The van der Waals surface area contributed by atoms with Gasteiger partial charge in [0.2, 0.25) is 5.91 Å². The lowest BCUT2D eigenvalue weighted by atomic mass is 9.96. The van der Waals surface area contributed by atoms with Gasteiger partial charge in [-0.15, -0.1) is 0 Å². The Hall–Kier alpha value is -1.73. The summed E-state index contributed by atoms with van der Waals surface area (Å²) < 4.78 is 34.3. The van der Waals surface area contributed by atoms with Crippen LogP contribution in [0.1, 0.15) is 239 Å². The average molecular weight is 1180 g/mol. The van der Waals surface area contributed by atoms with Crippen molar-refractivity contribution >= 4 is 5.91 Å². The maximum atomic E-state index is 13.4. The predicted octanol–water partition coefficient (Wildman–Crippen LogP) is 7.10. The summed E-state index contributed by atoms with van der Waals surface area (Å²) in [6.45, 7) is 1.74. The quantitative estimate of drug-likeness (QED) is 0.0213. The van der Waals surface area contributed by atoms with E-state index in [-0.39, 0.29) is 18.9 Å². The summed E-state index contributed by atoms with van der Waals surface area (Å²) in [7, 11) is 0. The fourth-order valence-corrected chi connectivity index (χ4v) is 11.1. The van der Waals surface area contributed by atoms with Crippen molar-refractivity contribution in [2.45, 2.75) is 343 Å². The van der Waals surface area contributed by atoms with E-state index in [1.807, 2.05) is 6.08 Å². The summed E-state index contributed by atoms with van der Waals surface area (Å²) in [5.74, 6) is -0.276. The predicted molar refractivity (Wildman–Crippen MR) is 314 cm³/mol. The number of amides is 1. The van der Waals surface area contributed by atoms with Crippen molar-refractivity contribution in [1.82, 2.24) is 5.32 Å². The molecular weight excluding hydrogens is 1060 g/mol. The lowest BCUT2D eigenvalue weighted by Gasteiger charge is -2.48. The molecule has 0 bridgehead atoms. The molecule has 3 aliphatic rings. The monoisotopic (exact) mass is 1180 g/mol. The number of carbonyl (C=O) groups is 1. The fourth-order valence-electron chi connectivity index (χ4n) is 11.1. The number of aliphatic hydroxyl groups excluding tert-OH is 11. The molecule has 19 nitrogen and oxygen atoms in total. The first kappa shape index (κ1) is 74.5.